The number of nitrogens with zero attached hydrogens (tertiary/aromatic N) is 4. The van der Waals surface area contributed by atoms with Gasteiger partial charge in [0, 0.05) is 69.8 Å². The first-order valence-electron chi connectivity index (χ1n) is 15.4. The molecule has 0 aliphatic heterocycles. The number of anilines is 3. The molecular weight excluding hydrogens is 598 g/mol. The third-order valence-electron chi connectivity index (χ3n) is 7.88. The summed E-state index contributed by atoms with van der Waals surface area (Å²) in [6.07, 6.45) is 8.62. The molecule has 4 heterocycles. The van der Waals surface area contributed by atoms with Crippen molar-refractivity contribution in [2.24, 2.45) is 21.1 Å². The molecule has 4 amide bonds. The van der Waals surface area contributed by atoms with E-state index in [9.17, 15) is 19.2 Å². The average Bonchev–Trinajstić information content (AvgIpc) is 3.79. The molecule has 0 aliphatic rings. The van der Waals surface area contributed by atoms with Gasteiger partial charge in [0.1, 0.15) is 17.1 Å². The second-order valence-corrected chi connectivity index (χ2v) is 11.9. The molecule has 5 rings (SSSR count). The van der Waals surface area contributed by atoms with Crippen molar-refractivity contribution in [3.05, 3.63) is 89.9 Å². The van der Waals surface area contributed by atoms with E-state index in [-0.39, 0.29) is 11.8 Å². The first-order valence-corrected chi connectivity index (χ1v) is 15.4. The van der Waals surface area contributed by atoms with Crippen LogP contribution in [-0.4, -0.2) is 74.4 Å². The molecule has 0 atom stereocenters. The first-order chi connectivity index (χ1) is 22.5. The Labute approximate surface area is 272 Å². The van der Waals surface area contributed by atoms with Crippen LogP contribution in [0.15, 0.2) is 67.3 Å². The smallest absolute Gasteiger partial charge is 0.272 e. The molecular formula is C34H41N9O4. The number of rotatable bonds is 13. The quantitative estimate of drug-likeness (QED) is 0.124. The highest BCUT2D eigenvalue weighted by molar-refractivity contribution is 6.07. The fourth-order valence-corrected chi connectivity index (χ4v) is 5.46. The van der Waals surface area contributed by atoms with E-state index in [1.807, 2.05) is 44.6 Å². The van der Waals surface area contributed by atoms with E-state index < -0.39 is 11.8 Å². The average molecular weight is 640 g/mol. The van der Waals surface area contributed by atoms with Gasteiger partial charge in [0.25, 0.3) is 17.7 Å². The van der Waals surface area contributed by atoms with E-state index in [1.165, 1.54) is 0 Å². The summed E-state index contributed by atoms with van der Waals surface area (Å²) in [5.41, 5.74) is 4.60. The van der Waals surface area contributed by atoms with Crippen LogP contribution >= 0.6 is 0 Å². The van der Waals surface area contributed by atoms with E-state index in [1.54, 1.807) is 71.6 Å². The molecule has 0 aliphatic carbocycles. The summed E-state index contributed by atoms with van der Waals surface area (Å²) in [7, 11) is 9.13. The van der Waals surface area contributed by atoms with Crippen molar-refractivity contribution >= 4 is 51.6 Å². The Morgan fingerprint density at radius 1 is 0.745 bits per heavy atom. The molecule has 0 saturated carbocycles. The van der Waals surface area contributed by atoms with Crippen LogP contribution in [0.3, 0.4) is 0 Å². The van der Waals surface area contributed by atoms with Gasteiger partial charge in [0.05, 0.1) is 17.1 Å². The summed E-state index contributed by atoms with van der Waals surface area (Å²) in [6, 6.07) is 12.8. The number of benzene rings is 1. The number of carbonyl (C=O) groups is 4. The molecule has 5 aromatic rings. The lowest BCUT2D eigenvalue weighted by Crippen LogP contribution is -2.28. The van der Waals surface area contributed by atoms with Crippen LogP contribution < -0.4 is 21.3 Å². The lowest BCUT2D eigenvalue weighted by atomic mass is 10.1. The third-order valence-corrected chi connectivity index (χ3v) is 7.88. The van der Waals surface area contributed by atoms with Gasteiger partial charge in [0.2, 0.25) is 5.91 Å². The molecule has 47 heavy (non-hydrogen) atoms. The number of carbonyl (C=O) groups excluding carboxylic acids is 4. The van der Waals surface area contributed by atoms with Crippen LogP contribution in [0.2, 0.25) is 0 Å². The Morgan fingerprint density at radius 3 is 1.85 bits per heavy atom. The Kier molecular flexibility index (Phi) is 9.95. The second-order valence-electron chi connectivity index (χ2n) is 11.9. The van der Waals surface area contributed by atoms with E-state index in [4.69, 9.17) is 0 Å². The third kappa shape index (κ3) is 8.00. The maximum Gasteiger partial charge on any atom is 0.272 e. The Hall–Kier alpha value is -5.56. The van der Waals surface area contributed by atoms with Crippen LogP contribution in [-0.2, 0) is 32.4 Å². The number of hydrogen-bond acceptors (Lipinski definition) is 5. The molecule has 4 aromatic heterocycles. The molecule has 1 aromatic carbocycles. The van der Waals surface area contributed by atoms with Gasteiger partial charge in [-0.1, -0.05) is 18.2 Å². The molecule has 246 valence electrons. The predicted molar refractivity (Wildman–Crippen MR) is 183 cm³/mol. The first kappa shape index (κ1) is 32.8. The summed E-state index contributed by atoms with van der Waals surface area (Å²) in [5.74, 6) is -1.16. The van der Waals surface area contributed by atoms with Crippen molar-refractivity contribution in [2.75, 3.05) is 43.1 Å². The highest BCUT2D eigenvalue weighted by Gasteiger charge is 2.19. The van der Waals surface area contributed by atoms with Crippen LogP contribution in [0.1, 0.15) is 49.9 Å². The number of para-hydroxylation sites is 1. The maximum atomic E-state index is 13.2. The van der Waals surface area contributed by atoms with Crippen molar-refractivity contribution < 1.29 is 19.2 Å². The number of aromatic amines is 1. The van der Waals surface area contributed by atoms with Crippen LogP contribution in [0.4, 0.5) is 17.1 Å². The molecule has 13 heteroatoms. The van der Waals surface area contributed by atoms with Gasteiger partial charge in [-0.05, 0) is 63.3 Å². The SMILES string of the molecule is CN(C)CCCNC(=O)c1cc(NC(=O)c2cc(NC(=O)c3cc(NC(=O)CCc4c[nH]c5ccccc45)cn3C)cn2C)cn1C. The summed E-state index contributed by atoms with van der Waals surface area (Å²) >= 11 is 0. The minimum Gasteiger partial charge on any atom is -0.361 e. The largest absolute Gasteiger partial charge is 0.361 e. The van der Waals surface area contributed by atoms with Gasteiger partial charge in [-0.3, -0.25) is 19.2 Å². The van der Waals surface area contributed by atoms with Crippen molar-refractivity contribution in [3.63, 3.8) is 0 Å². The Bertz CT molecular complexity index is 1920. The fourth-order valence-electron chi connectivity index (χ4n) is 5.46. The van der Waals surface area contributed by atoms with Crippen LogP contribution in [0.5, 0.6) is 0 Å². The van der Waals surface area contributed by atoms with Gasteiger partial charge >= 0.3 is 0 Å². The van der Waals surface area contributed by atoms with Crippen LogP contribution in [0, 0.1) is 0 Å². The van der Waals surface area contributed by atoms with Gasteiger partial charge in [0.15, 0.2) is 0 Å². The molecule has 0 bridgehead atoms. The second kappa shape index (κ2) is 14.3. The number of amides is 4. The maximum absolute atomic E-state index is 13.2. The molecule has 13 nitrogen and oxygen atoms in total. The van der Waals surface area contributed by atoms with Crippen molar-refractivity contribution in [1.29, 1.82) is 0 Å². The number of H-pyrrole nitrogens is 1. The summed E-state index contributed by atoms with van der Waals surface area (Å²) in [6.45, 7) is 1.42. The van der Waals surface area contributed by atoms with E-state index in [0.717, 1.165) is 29.4 Å². The number of fused-ring (bicyclic) bond motifs is 1. The van der Waals surface area contributed by atoms with Crippen LogP contribution in [0.25, 0.3) is 10.9 Å². The minimum atomic E-state index is -0.395. The Balaban J connectivity index is 1.15. The standard InChI is InChI=1S/C34H41N9O4/c1-40(2)14-8-13-35-32(45)28-16-24(20-41(28)3)38-34(47)30-17-25(21-43(30)5)39-33(46)29-15-23(19-42(29)4)37-31(44)12-11-22-18-36-27-10-7-6-9-26(22)27/h6-7,9-10,15-21,36H,8,11-14H2,1-5H3,(H,35,45)(H,37,44)(H,38,47)(H,39,46). The zero-order valence-corrected chi connectivity index (χ0v) is 27.3. The highest BCUT2D eigenvalue weighted by atomic mass is 16.2. The van der Waals surface area contributed by atoms with Gasteiger partial charge < -0.3 is 44.9 Å². The Morgan fingerprint density at radius 2 is 1.28 bits per heavy atom. The normalized spacial score (nSPS) is 11.2. The molecule has 0 fully saturated rings. The van der Waals surface area contributed by atoms with E-state index >= 15 is 0 Å². The molecule has 0 saturated heterocycles. The predicted octanol–water partition coefficient (Wildman–Crippen LogP) is 3.94. The van der Waals surface area contributed by atoms with Crippen molar-refractivity contribution in [3.8, 4) is 0 Å². The molecule has 0 spiro atoms. The van der Waals surface area contributed by atoms with Crippen molar-refractivity contribution in [1.82, 2.24) is 28.9 Å². The highest BCUT2D eigenvalue weighted by Crippen LogP contribution is 2.21. The number of hydrogen-bond donors (Lipinski definition) is 5. The summed E-state index contributed by atoms with van der Waals surface area (Å²) < 4.78 is 4.90. The molecule has 5 N–H and O–H groups in total. The van der Waals surface area contributed by atoms with Gasteiger partial charge in [-0.25, -0.2) is 0 Å². The lowest BCUT2D eigenvalue weighted by molar-refractivity contribution is -0.116. The molecule has 0 unspecified atom stereocenters. The monoisotopic (exact) mass is 639 g/mol. The van der Waals surface area contributed by atoms with E-state index in [2.05, 4.69) is 31.2 Å². The minimum absolute atomic E-state index is 0.155. The zero-order valence-electron chi connectivity index (χ0n) is 27.3. The number of aryl methyl sites for hydroxylation is 4. The van der Waals surface area contributed by atoms with Crippen molar-refractivity contribution in [2.45, 2.75) is 19.3 Å². The topological polar surface area (TPSA) is 150 Å². The van der Waals surface area contributed by atoms with Gasteiger partial charge in [-0.2, -0.15) is 0 Å². The zero-order chi connectivity index (χ0) is 33.7. The van der Waals surface area contributed by atoms with E-state index in [0.29, 0.717) is 53.5 Å². The summed E-state index contributed by atoms with van der Waals surface area (Å²) in [5, 5.41) is 12.5. The fraction of sp³-hybridized carbons (Fsp3) is 0.294. The number of nitrogens with one attached hydrogen (secondary N) is 5. The van der Waals surface area contributed by atoms with Gasteiger partial charge in [-0.15, -0.1) is 0 Å². The lowest BCUT2D eigenvalue weighted by Gasteiger charge is -2.10. The molecule has 0 radical (unpaired) electrons. The number of aromatic nitrogens is 4. The summed E-state index contributed by atoms with van der Waals surface area (Å²) in [4.78, 5) is 56.9.